The summed E-state index contributed by atoms with van der Waals surface area (Å²) < 4.78 is 0. The van der Waals surface area contributed by atoms with Crippen molar-refractivity contribution in [2.45, 2.75) is 25.8 Å². The Balaban J connectivity index is 1.67. The van der Waals surface area contributed by atoms with E-state index in [2.05, 4.69) is 16.0 Å². The fourth-order valence-corrected chi connectivity index (χ4v) is 2.70. The van der Waals surface area contributed by atoms with Crippen molar-refractivity contribution in [3.05, 3.63) is 22.4 Å². The summed E-state index contributed by atoms with van der Waals surface area (Å²) >= 11 is 1.67. The van der Waals surface area contributed by atoms with Gasteiger partial charge >= 0.3 is 0 Å². The number of carbonyl (C=O) groups excluding carboxylic acids is 1. The molecule has 1 fully saturated rings. The molecule has 2 N–H and O–H groups in total. The van der Waals surface area contributed by atoms with Gasteiger partial charge in [-0.1, -0.05) is 0 Å². The second-order valence-corrected chi connectivity index (χ2v) is 5.10. The Morgan fingerprint density at radius 2 is 2.56 bits per heavy atom. The third-order valence-electron chi connectivity index (χ3n) is 2.94. The Hall–Kier alpha value is -0.870. The van der Waals surface area contributed by atoms with Gasteiger partial charge in [0.25, 0.3) is 0 Å². The number of hydrogen-bond donors (Lipinski definition) is 2. The molecule has 0 bridgehead atoms. The quantitative estimate of drug-likeness (QED) is 0.839. The Kier molecular flexibility index (Phi) is 4.36. The first-order chi connectivity index (χ1) is 7.84. The van der Waals surface area contributed by atoms with Gasteiger partial charge in [0.15, 0.2) is 0 Å². The second-order valence-electron chi connectivity index (χ2n) is 4.32. The van der Waals surface area contributed by atoms with Crippen molar-refractivity contribution in [1.82, 2.24) is 10.6 Å². The maximum absolute atomic E-state index is 11.7. The van der Waals surface area contributed by atoms with Gasteiger partial charge in [0.1, 0.15) is 0 Å². The average Bonchev–Trinajstić information content (AvgIpc) is 2.81. The fraction of sp³-hybridized carbons (Fsp3) is 0.583. The summed E-state index contributed by atoms with van der Waals surface area (Å²) in [4.78, 5) is 11.7. The van der Waals surface area contributed by atoms with Crippen LogP contribution in [0.5, 0.6) is 0 Å². The molecular formula is C12H18N2OS. The zero-order valence-corrected chi connectivity index (χ0v) is 10.2. The van der Waals surface area contributed by atoms with Crippen molar-refractivity contribution in [1.29, 1.82) is 0 Å². The molecule has 88 valence electrons. The minimum atomic E-state index is 0.180. The molecule has 0 aliphatic carbocycles. The highest BCUT2D eigenvalue weighted by Gasteiger charge is 2.16. The summed E-state index contributed by atoms with van der Waals surface area (Å²) in [7, 11) is 0. The van der Waals surface area contributed by atoms with Crippen LogP contribution in [0.2, 0.25) is 0 Å². The lowest BCUT2D eigenvalue weighted by molar-refractivity contribution is -0.122. The first kappa shape index (κ1) is 11.6. The van der Waals surface area contributed by atoms with E-state index < -0.39 is 0 Å². The lowest BCUT2D eigenvalue weighted by Gasteiger charge is -2.21. The van der Waals surface area contributed by atoms with E-state index in [9.17, 15) is 4.79 Å². The van der Waals surface area contributed by atoms with E-state index in [4.69, 9.17) is 0 Å². The molecule has 1 aromatic rings. The molecule has 0 saturated carbocycles. The van der Waals surface area contributed by atoms with E-state index in [1.165, 1.54) is 18.4 Å². The molecular weight excluding hydrogens is 220 g/mol. The lowest BCUT2D eigenvalue weighted by Crippen LogP contribution is -2.34. The average molecular weight is 238 g/mol. The van der Waals surface area contributed by atoms with Crippen molar-refractivity contribution in [3.8, 4) is 0 Å². The summed E-state index contributed by atoms with van der Waals surface area (Å²) in [6.45, 7) is 2.77. The highest BCUT2D eigenvalue weighted by molar-refractivity contribution is 7.07. The number of rotatable bonds is 4. The van der Waals surface area contributed by atoms with Gasteiger partial charge in [-0.3, -0.25) is 4.79 Å². The summed E-state index contributed by atoms with van der Waals surface area (Å²) in [6.07, 6.45) is 3.04. The molecule has 1 aromatic heterocycles. The predicted molar refractivity (Wildman–Crippen MR) is 66.4 cm³/mol. The van der Waals surface area contributed by atoms with E-state index in [1.54, 1.807) is 11.3 Å². The maximum Gasteiger partial charge on any atom is 0.220 e. The Bertz CT molecular complexity index is 318. The van der Waals surface area contributed by atoms with Gasteiger partial charge in [0.05, 0.1) is 0 Å². The smallest absolute Gasteiger partial charge is 0.220 e. The molecule has 1 aliphatic heterocycles. The molecule has 1 amide bonds. The Morgan fingerprint density at radius 3 is 3.25 bits per heavy atom. The summed E-state index contributed by atoms with van der Waals surface area (Å²) in [5.41, 5.74) is 1.19. The summed E-state index contributed by atoms with van der Waals surface area (Å²) in [5, 5.41) is 10.4. The number of piperidine rings is 1. The van der Waals surface area contributed by atoms with Crippen molar-refractivity contribution in [2.24, 2.45) is 5.92 Å². The van der Waals surface area contributed by atoms with E-state index in [0.717, 1.165) is 13.1 Å². The van der Waals surface area contributed by atoms with Crippen LogP contribution in [0.1, 0.15) is 24.8 Å². The van der Waals surface area contributed by atoms with Crippen LogP contribution < -0.4 is 10.6 Å². The Labute approximate surface area is 100 Å². The first-order valence-corrected chi connectivity index (χ1v) is 6.77. The number of hydrogen-bond acceptors (Lipinski definition) is 3. The SMILES string of the molecule is O=C(CC1CCCNC1)NCc1ccsc1. The number of thiophene rings is 1. The summed E-state index contributed by atoms with van der Waals surface area (Å²) in [6, 6.07) is 2.05. The van der Waals surface area contributed by atoms with E-state index in [0.29, 0.717) is 18.9 Å². The molecule has 2 rings (SSSR count). The van der Waals surface area contributed by atoms with Crippen molar-refractivity contribution < 1.29 is 4.79 Å². The molecule has 2 heterocycles. The number of amides is 1. The van der Waals surface area contributed by atoms with Crippen LogP contribution in [0.15, 0.2) is 16.8 Å². The molecule has 1 unspecified atom stereocenters. The van der Waals surface area contributed by atoms with Crippen molar-refractivity contribution >= 4 is 17.2 Å². The standard InChI is InChI=1S/C12H18N2OS/c15-12(6-10-2-1-4-13-7-10)14-8-11-3-5-16-9-11/h3,5,9-10,13H,1-2,4,6-8H2,(H,14,15). The molecule has 0 radical (unpaired) electrons. The van der Waals surface area contributed by atoms with E-state index >= 15 is 0 Å². The van der Waals surface area contributed by atoms with Crippen LogP contribution in [0.4, 0.5) is 0 Å². The minimum absolute atomic E-state index is 0.180. The van der Waals surface area contributed by atoms with Crippen molar-refractivity contribution in [3.63, 3.8) is 0 Å². The topological polar surface area (TPSA) is 41.1 Å². The first-order valence-electron chi connectivity index (χ1n) is 5.83. The lowest BCUT2D eigenvalue weighted by atomic mass is 9.96. The van der Waals surface area contributed by atoms with Gasteiger partial charge in [0, 0.05) is 13.0 Å². The van der Waals surface area contributed by atoms with Gasteiger partial charge in [0.2, 0.25) is 5.91 Å². The number of carbonyl (C=O) groups is 1. The molecule has 16 heavy (non-hydrogen) atoms. The van der Waals surface area contributed by atoms with Gasteiger partial charge in [-0.25, -0.2) is 0 Å². The second kappa shape index (κ2) is 6.01. The monoisotopic (exact) mass is 238 g/mol. The van der Waals surface area contributed by atoms with E-state index in [1.807, 2.05) is 11.4 Å². The van der Waals surface area contributed by atoms with E-state index in [-0.39, 0.29) is 5.91 Å². The zero-order valence-electron chi connectivity index (χ0n) is 9.37. The van der Waals surface area contributed by atoms with Crippen LogP contribution in [0.25, 0.3) is 0 Å². The summed E-state index contributed by atoms with van der Waals surface area (Å²) in [5.74, 6) is 0.705. The molecule has 1 atom stereocenters. The van der Waals surface area contributed by atoms with Gasteiger partial charge < -0.3 is 10.6 Å². The molecule has 1 saturated heterocycles. The molecule has 4 heteroatoms. The molecule has 3 nitrogen and oxygen atoms in total. The fourth-order valence-electron chi connectivity index (χ4n) is 2.03. The van der Waals surface area contributed by atoms with Crippen molar-refractivity contribution in [2.75, 3.05) is 13.1 Å². The minimum Gasteiger partial charge on any atom is -0.352 e. The third-order valence-corrected chi connectivity index (χ3v) is 3.67. The predicted octanol–water partition coefficient (Wildman–Crippen LogP) is 1.75. The Morgan fingerprint density at radius 1 is 1.62 bits per heavy atom. The van der Waals surface area contributed by atoms with Crippen LogP contribution in [0, 0.1) is 5.92 Å². The van der Waals surface area contributed by atoms with Crippen LogP contribution in [-0.2, 0) is 11.3 Å². The molecule has 1 aliphatic rings. The highest BCUT2D eigenvalue weighted by atomic mass is 32.1. The molecule has 0 aromatic carbocycles. The third kappa shape index (κ3) is 3.61. The maximum atomic E-state index is 11.7. The van der Waals surface area contributed by atoms with Gasteiger partial charge in [-0.2, -0.15) is 11.3 Å². The van der Waals surface area contributed by atoms with Crippen LogP contribution >= 0.6 is 11.3 Å². The van der Waals surface area contributed by atoms with Gasteiger partial charge in [-0.15, -0.1) is 0 Å². The van der Waals surface area contributed by atoms with Crippen LogP contribution in [0.3, 0.4) is 0 Å². The van der Waals surface area contributed by atoms with Gasteiger partial charge in [-0.05, 0) is 54.2 Å². The molecule has 0 spiro atoms. The highest BCUT2D eigenvalue weighted by Crippen LogP contribution is 2.13. The number of nitrogens with one attached hydrogen (secondary N) is 2. The van der Waals surface area contributed by atoms with Crippen LogP contribution in [-0.4, -0.2) is 19.0 Å². The largest absolute Gasteiger partial charge is 0.352 e. The zero-order chi connectivity index (χ0) is 11.2. The normalized spacial score (nSPS) is 20.6.